The van der Waals surface area contributed by atoms with E-state index in [1.165, 1.54) is 11.8 Å². The lowest BCUT2D eigenvalue weighted by Gasteiger charge is -2.13. The number of aromatic nitrogens is 2. The van der Waals surface area contributed by atoms with Gasteiger partial charge in [0.05, 0.1) is 10.9 Å². The zero-order chi connectivity index (χ0) is 20.8. The molecule has 0 aliphatic carbocycles. The third-order valence-electron chi connectivity index (χ3n) is 4.53. The van der Waals surface area contributed by atoms with Gasteiger partial charge in [-0.1, -0.05) is 36.0 Å². The minimum atomic E-state index is -0.0267. The molecule has 6 nitrogen and oxygen atoms in total. The highest BCUT2D eigenvalue weighted by Crippen LogP contribution is 2.23. The number of thioether (sulfide) groups is 1. The van der Waals surface area contributed by atoms with Crippen LogP contribution in [0.2, 0.25) is 0 Å². The molecule has 0 N–H and O–H groups in total. The van der Waals surface area contributed by atoms with Crippen LogP contribution in [0.3, 0.4) is 0 Å². The largest absolute Gasteiger partial charge is 0.385 e. The Morgan fingerprint density at radius 1 is 1.14 bits per heavy atom. The molecule has 0 radical (unpaired) electrons. The van der Waals surface area contributed by atoms with Crippen molar-refractivity contribution in [1.82, 2.24) is 14.5 Å². The number of rotatable bonds is 8. The summed E-state index contributed by atoms with van der Waals surface area (Å²) in [4.78, 5) is 31.3. The van der Waals surface area contributed by atoms with Crippen molar-refractivity contribution in [3.8, 4) is 0 Å². The van der Waals surface area contributed by atoms with Crippen LogP contribution in [0.25, 0.3) is 10.9 Å². The molecular formula is C22H25N3O3S. The van der Waals surface area contributed by atoms with Gasteiger partial charge in [-0.15, -0.1) is 0 Å². The summed E-state index contributed by atoms with van der Waals surface area (Å²) in [6.07, 6.45) is 0.741. The van der Waals surface area contributed by atoms with Crippen LogP contribution in [0, 0.1) is 0 Å². The molecule has 3 rings (SSSR count). The predicted octanol–water partition coefficient (Wildman–Crippen LogP) is 3.43. The summed E-state index contributed by atoms with van der Waals surface area (Å²) >= 11 is 1.52. The number of para-hydroxylation sites is 1. The van der Waals surface area contributed by atoms with Gasteiger partial charge in [0, 0.05) is 45.7 Å². The minimum absolute atomic E-state index is 0.0209. The van der Waals surface area contributed by atoms with E-state index in [9.17, 15) is 9.59 Å². The Hall–Kier alpha value is -2.64. The number of amides is 1. The Labute approximate surface area is 174 Å². The molecule has 0 saturated heterocycles. The van der Waals surface area contributed by atoms with Gasteiger partial charge in [-0.3, -0.25) is 14.2 Å². The van der Waals surface area contributed by atoms with Crippen molar-refractivity contribution < 1.29 is 9.53 Å². The summed E-state index contributed by atoms with van der Waals surface area (Å²) in [7, 11) is 5.13. The maximum Gasteiger partial charge on any atom is 0.262 e. The van der Waals surface area contributed by atoms with E-state index in [0.717, 1.165) is 12.0 Å². The summed E-state index contributed by atoms with van der Waals surface area (Å²) in [5, 5.41) is 1.32. The van der Waals surface area contributed by atoms with Crippen molar-refractivity contribution in [1.29, 1.82) is 0 Å². The molecule has 0 aliphatic heterocycles. The van der Waals surface area contributed by atoms with E-state index in [1.807, 2.05) is 48.5 Å². The topological polar surface area (TPSA) is 64.4 Å². The van der Waals surface area contributed by atoms with E-state index >= 15 is 0 Å². The van der Waals surface area contributed by atoms with Crippen LogP contribution in [0.5, 0.6) is 0 Å². The van der Waals surface area contributed by atoms with Gasteiger partial charge in [-0.25, -0.2) is 4.98 Å². The van der Waals surface area contributed by atoms with Crippen LogP contribution in [-0.2, 0) is 17.0 Å². The fraction of sp³-hybridized carbons (Fsp3) is 0.318. The molecule has 0 bridgehead atoms. The summed E-state index contributed by atoms with van der Waals surface area (Å²) < 4.78 is 6.87. The van der Waals surface area contributed by atoms with Crippen LogP contribution in [0.4, 0.5) is 0 Å². The number of ether oxygens (including phenoxy) is 1. The van der Waals surface area contributed by atoms with Gasteiger partial charge in [0.1, 0.15) is 0 Å². The highest BCUT2D eigenvalue weighted by atomic mass is 32.2. The second-order valence-electron chi connectivity index (χ2n) is 6.90. The number of carbonyl (C=O) groups excluding carboxylic acids is 1. The molecule has 0 atom stereocenters. The third-order valence-corrected chi connectivity index (χ3v) is 5.58. The molecule has 0 aliphatic rings. The number of benzene rings is 2. The molecule has 1 amide bonds. The first-order valence-corrected chi connectivity index (χ1v) is 10.4. The highest BCUT2D eigenvalue weighted by molar-refractivity contribution is 7.98. The molecule has 152 valence electrons. The average molecular weight is 412 g/mol. The lowest BCUT2D eigenvalue weighted by atomic mass is 10.1. The zero-order valence-electron chi connectivity index (χ0n) is 16.9. The Bertz CT molecular complexity index is 1050. The normalized spacial score (nSPS) is 11.0. The van der Waals surface area contributed by atoms with E-state index in [4.69, 9.17) is 9.72 Å². The number of methoxy groups -OCH3 is 1. The first-order chi connectivity index (χ1) is 14.0. The Morgan fingerprint density at radius 3 is 2.55 bits per heavy atom. The van der Waals surface area contributed by atoms with Crippen LogP contribution in [-0.4, -0.2) is 48.2 Å². The molecule has 3 aromatic rings. The Morgan fingerprint density at radius 2 is 1.86 bits per heavy atom. The molecule has 0 unspecified atom stereocenters. The van der Waals surface area contributed by atoms with Crippen molar-refractivity contribution >= 4 is 28.6 Å². The van der Waals surface area contributed by atoms with Crippen molar-refractivity contribution in [2.45, 2.75) is 23.9 Å². The fourth-order valence-electron chi connectivity index (χ4n) is 2.97. The first-order valence-electron chi connectivity index (χ1n) is 9.43. The summed E-state index contributed by atoms with van der Waals surface area (Å²) in [6, 6.07) is 15.0. The van der Waals surface area contributed by atoms with Gasteiger partial charge in [-0.05, 0) is 36.2 Å². The van der Waals surface area contributed by atoms with Gasteiger partial charge in [0.2, 0.25) is 0 Å². The maximum absolute atomic E-state index is 13.0. The molecule has 1 heterocycles. The Kier molecular flexibility index (Phi) is 7.06. The maximum atomic E-state index is 13.0. The smallest absolute Gasteiger partial charge is 0.262 e. The summed E-state index contributed by atoms with van der Waals surface area (Å²) in [5.74, 6) is 0.637. The highest BCUT2D eigenvalue weighted by Gasteiger charge is 2.12. The standard InChI is InChI=1S/C22H25N3O3S/c1-24(2)20(26)17-11-9-16(10-12-17)15-29-22-23-19-8-5-4-7-18(19)21(27)25(22)13-6-14-28-3/h4-5,7-12H,6,13-15H2,1-3H3. The SMILES string of the molecule is COCCCn1c(SCc2ccc(C(=O)N(C)C)cc2)nc2ccccc2c1=O. The lowest BCUT2D eigenvalue weighted by Crippen LogP contribution is -2.24. The molecule has 2 aromatic carbocycles. The number of carbonyl (C=O) groups is 1. The molecule has 1 aromatic heterocycles. The lowest BCUT2D eigenvalue weighted by molar-refractivity contribution is 0.0827. The van der Waals surface area contributed by atoms with Gasteiger partial charge in [0.25, 0.3) is 11.5 Å². The second-order valence-corrected chi connectivity index (χ2v) is 7.84. The van der Waals surface area contributed by atoms with Gasteiger partial charge in [-0.2, -0.15) is 0 Å². The molecule has 0 fully saturated rings. The third kappa shape index (κ3) is 5.05. The molecule has 29 heavy (non-hydrogen) atoms. The molecular weight excluding hydrogens is 386 g/mol. The minimum Gasteiger partial charge on any atom is -0.385 e. The fourth-order valence-corrected chi connectivity index (χ4v) is 3.95. The van der Waals surface area contributed by atoms with Gasteiger partial charge >= 0.3 is 0 Å². The molecule has 0 saturated carbocycles. The predicted molar refractivity (Wildman–Crippen MR) is 117 cm³/mol. The molecule has 0 spiro atoms. The van der Waals surface area contributed by atoms with Gasteiger partial charge < -0.3 is 9.64 Å². The Balaban J connectivity index is 1.84. The monoisotopic (exact) mass is 411 g/mol. The average Bonchev–Trinajstić information content (AvgIpc) is 2.74. The zero-order valence-corrected chi connectivity index (χ0v) is 17.7. The van der Waals surface area contributed by atoms with Crippen LogP contribution in [0.1, 0.15) is 22.3 Å². The second kappa shape index (κ2) is 9.71. The first kappa shape index (κ1) is 21.1. The quantitative estimate of drug-likeness (QED) is 0.323. The number of nitrogens with zero attached hydrogens (tertiary/aromatic N) is 3. The van der Waals surface area contributed by atoms with Crippen LogP contribution in [0.15, 0.2) is 58.5 Å². The van der Waals surface area contributed by atoms with Crippen LogP contribution < -0.4 is 5.56 Å². The van der Waals surface area contributed by atoms with Crippen LogP contribution >= 0.6 is 11.8 Å². The van der Waals surface area contributed by atoms with Crippen molar-refractivity contribution in [2.75, 3.05) is 27.8 Å². The van der Waals surface area contributed by atoms with Crippen molar-refractivity contribution in [3.63, 3.8) is 0 Å². The van der Waals surface area contributed by atoms with Crippen molar-refractivity contribution in [2.24, 2.45) is 0 Å². The number of hydrogen-bond acceptors (Lipinski definition) is 5. The summed E-state index contributed by atoms with van der Waals surface area (Å²) in [5.41, 5.74) is 2.40. The van der Waals surface area contributed by atoms with Crippen molar-refractivity contribution in [3.05, 3.63) is 70.0 Å². The van der Waals surface area contributed by atoms with Gasteiger partial charge in [0.15, 0.2) is 5.16 Å². The van der Waals surface area contributed by atoms with E-state index in [1.54, 1.807) is 30.7 Å². The number of fused-ring (bicyclic) bond motifs is 1. The summed E-state index contributed by atoms with van der Waals surface area (Å²) in [6.45, 7) is 1.15. The van der Waals surface area contributed by atoms with E-state index in [0.29, 0.717) is 40.5 Å². The van der Waals surface area contributed by atoms with E-state index in [2.05, 4.69) is 0 Å². The van der Waals surface area contributed by atoms with E-state index in [-0.39, 0.29) is 11.5 Å². The molecule has 7 heteroatoms. The number of hydrogen-bond donors (Lipinski definition) is 0. The van der Waals surface area contributed by atoms with E-state index < -0.39 is 0 Å².